The summed E-state index contributed by atoms with van der Waals surface area (Å²) >= 11 is 0. The molecule has 0 unspecified atom stereocenters. The van der Waals surface area contributed by atoms with E-state index in [0.29, 0.717) is 6.61 Å². The van der Waals surface area contributed by atoms with E-state index in [4.69, 9.17) is 4.84 Å². The highest BCUT2D eigenvalue weighted by Crippen LogP contribution is 2.23. The molecule has 0 amide bonds. The standard InChI is InChI=1S/C23H20N4O/c1-17(27-28-15-18-8-3-2-4-9-18)19-10-7-11-20(14-19)26-23-21-12-5-6-13-22(21)24-16-25-23/h2-14,16H,15H2,1H3,(H,24,25,26). The minimum atomic E-state index is 0.447. The summed E-state index contributed by atoms with van der Waals surface area (Å²) in [7, 11) is 0. The van der Waals surface area contributed by atoms with Crippen LogP contribution in [0.4, 0.5) is 11.5 Å². The summed E-state index contributed by atoms with van der Waals surface area (Å²) < 4.78 is 0. The van der Waals surface area contributed by atoms with Crippen LogP contribution in [0.2, 0.25) is 0 Å². The Morgan fingerprint density at radius 1 is 0.929 bits per heavy atom. The second-order valence-corrected chi connectivity index (χ2v) is 6.38. The van der Waals surface area contributed by atoms with Gasteiger partial charge in [-0.3, -0.25) is 0 Å². The van der Waals surface area contributed by atoms with E-state index in [-0.39, 0.29) is 0 Å². The molecule has 138 valence electrons. The predicted molar refractivity (Wildman–Crippen MR) is 113 cm³/mol. The molecule has 4 rings (SSSR count). The van der Waals surface area contributed by atoms with Crippen LogP contribution < -0.4 is 5.32 Å². The molecule has 0 radical (unpaired) electrons. The molecule has 1 aromatic heterocycles. The van der Waals surface area contributed by atoms with Gasteiger partial charge in [0.1, 0.15) is 18.8 Å². The van der Waals surface area contributed by atoms with Crippen molar-refractivity contribution < 1.29 is 4.84 Å². The molecule has 0 aliphatic carbocycles. The van der Waals surface area contributed by atoms with Gasteiger partial charge in [-0.2, -0.15) is 0 Å². The van der Waals surface area contributed by atoms with Gasteiger partial charge in [0.2, 0.25) is 0 Å². The van der Waals surface area contributed by atoms with Gasteiger partial charge in [0.25, 0.3) is 0 Å². The fraction of sp³-hybridized carbons (Fsp3) is 0.0870. The summed E-state index contributed by atoms with van der Waals surface area (Å²) in [5.41, 5.74) is 4.72. The first-order valence-corrected chi connectivity index (χ1v) is 9.07. The first kappa shape index (κ1) is 17.7. The zero-order valence-electron chi connectivity index (χ0n) is 15.5. The SMILES string of the molecule is CC(=NOCc1ccccc1)c1cccc(Nc2ncnc3ccccc23)c1. The number of rotatable bonds is 6. The van der Waals surface area contributed by atoms with Crippen LogP contribution in [0.15, 0.2) is 90.3 Å². The third-order valence-electron chi connectivity index (χ3n) is 4.36. The fourth-order valence-electron chi connectivity index (χ4n) is 2.89. The number of anilines is 2. The third kappa shape index (κ3) is 4.15. The number of para-hydroxylation sites is 1. The molecule has 0 saturated carbocycles. The summed E-state index contributed by atoms with van der Waals surface area (Å²) in [5.74, 6) is 0.776. The number of nitrogens with one attached hydrogen (secondary N) is 1. The second-order valence-electron chi connectivity index (χ2n) is 6.38. The first-order chi connectivity index (χ1) is 13.8. The van der Waals surface area contributed by atoms with Gasteiger partial charge in [-0.15, -0.1) is 0 Å². The van der Waals surface area contributed by atoms with E-state index < -0.39 is 0 Å². The maximum atomic E-state index is 5.50. The number of oxime groups is 1. The van der Waals surface area contributed by atoms with E-state index in [2.05, 4.69) is 20.4 Å². The number of nitrogens with zero attached hydrogens (tertiary/aromatic N) is 3. The molecule has 0 atom stereocenters. The minimum absolute atomic E-state index is 0.447. The highest BCUT2D eigenvalue weighted by molar-refractivity contribution is 5.99. The zero-order chi connectivity index (χ0) is 19.2. The van der Waals surface area contributed by atoms with Crippen molar-refractivity contribution in [3.63, 3.8) is 0 Å². The van der Waals surface area contributed by atoms with Gasteiger partial charge in [-0.25, -0.2) is 9.97 Å². The summed E-state index contributed by atoms with van der Waals surface area (Å²) in [6.45, 7) is 2.38. The van der Waals surface area contributed by atoms with Gasteiger partial charge in [0.15, 0.2) is 0 Å². The maximum absolute atomic E-state index is 5.50. The molecule has 0 fully saturated rings. The number of hydrogen-bond acceptors (Lipinski definition) is 5. The third-order valence-corrected chi connectivity index (χ3v) is 4.36. The summed E-state index contributed by atoms with van der Waals surface area (Å²) in [6.07, 6.45) is 1.57. The van der Waals surface area contributed by atoms with Gasteiger partial charge >= 0.3 is 0 Å². The Labute approximate surface area is 163 Å². The number of benzene rings is 3. The van der Waals surface area contributed by atoms with Crippen LogP contribution >= 0.6 is 0 Å². The van der Waals surface area contributed by atoms with Crippen LogP contribution in [-0.4, -0.2) is 15.7 Å². The van der Waals surface area contributed by atoms with Gasteiger partial charge in [0.05, 0.1) is 11.2 Å². The highest BCUT2D eigenvalue weighted by atomic mass is 16.6. The van der Waals surface area contributed by atoms with Crippen LogP contribution in [0.25, 0.3) is 10.9 Å². The smallest absolute Gasteiger partial charge is 0.142 e. The molecule has 3 aromatic carbocycles. The topological polar surface area (TPSA) is 59.4 Å². The average Bonchev–Trinajstić information content (AvgIpc) is 2.75. The van der Waals surface area contributed by atoms with Gasteiger partial charge < -0.3 is 10.2 Å². The molecule has 1 N–H and O–H groups in total. The number of hydrogen-bond donors (Lipinski definition) is 1. The van der Waals surface area contributed by atoms with Crippen molar-refractivity contribution in [1.29, 1.82) is 0 Å². The lowest BCUT2D eigenvalue weighted by molar-refractivity contribution is 0.130. The Morgan fingerprint density at radius 2 is 1.75 bits per heavy atom. The summed E-state index contributed by atoms with van der Waals surface area (Å²) in [5, 5.41) is 8.61. The fourth-order valence-corrected chi connectivity index (χ4v) is 2.89. The van der Waals surface area contributed by atoms with Gasteiger partial charge in [-0.05, 0) is 36.8 Å². The molecule has 0 aliphatic rings. The first-order valence-electron chi connectivity index (χ1n) is 9.07. The number of aromatic nitrogens is 2. The van der Waals surface area contributed by atoms with E-state index >= 15 is 0 Å². The van der Waals surface area contributed by atoms with Crippen molar-refractivity contribution in [2.75, 3.05) is 5.32 Å². The normalized spacial score (nSPS) is 11.4. The average molecular weight is 368 g/mol. The van der Waals surface area contributed by atoms with Gasteiger partial charge in [0, 0.05) is 16.6 Å². The van der Waals surface area contributed by atoms with Crippen molar-refractivity contribution in [2.24, 2.45) is 5.16 Å². The molecular weight excluding hydrogens is 348 g/mol. The van der Waals surface area contributed by atoms with Crippen LogP contribution in [0.3, 0.4) is 0 Å². The van der Waals surface area contributed by atoms with Gasteiger partial charge in [-0.1, -0.05) is 59.8 Å². The minimum Gasteiger partial charge on any atom is -0.391 e. The van der Waals surface area contributed by atoms with Crippen molar-refractivity contribution >= 4 is 28.1 Å². The monoisotopic (exact) mass is 368 g/mol. The van der Waals surface area contributed by atoms with E-state index in [1.54, 1.807) is 6.33 Å². The lowest BCUT2D eigenvalue weighted by Gasteiger charge is -2.10. The molecule has 0 spiro atoms. The largest absolute Gasteiger partial charge is 0.391 e. The van der Waals surface area contributed by atoms with Crippen molar-refractivity contribution in [2.45, 2.75) is 13.5 Å². The van der Waals surface area contributed by atoms with Crippen LogP contribution in [0, 0.1) is 0 Å². The lowest BCUT2D eigenvalue weighted by atomic mass is 10.1. The van der Waals surface area contributed by atoms with E-state index in [1.165, 1.54) is 0 Å². The Kier molecular flexibility index (Phi) is 5.24. The van der Waals surface area contributed by atoms with Crippen molar-refractivity contribution in [1.82, 2.24) is 9.97 Å². The lowest BCUT2D eigenvalue weighted by Crippen LogP contribution is -2.00. The Balaban J connectivity index is 1.50. The van der Waals surface area contributed by atoms with Crippen molar-refractivity contribution in [3.8, 4) is 0 Å². The Hall–Kier alpha value is -3.73. The molecule has 4 aromatic rings. The maximum Gasteiger partial charge on any atom is 0.142 e. The molecule has 0 bridgehead atoms. The molecular formula is C23H20N4O. The summed E-state index contributed by atoms with van der Waals surface area (Å²) in [6, 6.07) is 25.9. The Bertz CT molecular complexity index is 1100. The molecule has 1 heterocycles. The summed E-state index contributed by atoms with van der Waals surface area (Å²) in [4.78, 5) is 14.2. The predicted octanol–water partition coefficient (Wildman–Crippen LogP) is 5.31. The van der Waals surface area contributed by atoms with E-state index in [1.807, 2.05) is 85.8 Å². The number of fused-ring (bicyclic) bond motifs is 1. The molecule has 28 heavy (non-hydrogen) atoms. The highest BCUT2D eigenvalue weighted by Gasteiger charge is 2.05. The van der Waals surface area contributed by atoms with Crippen molar-refractivity contribution in [3.05, 3.63) is 96.3 Å². The zero-order valence-corrected chi connectivity index (χ0v) is 15.5. The van der Waals surface area contributed by atoms with Crippen LogP contribution in [0.5, 0.6) is 0 Å². The van der Waals surface area contributed by atoms with E-state index in [9.17, 15) is 0 Å². The Morgan fingerprint density at radius 3 is 2.64 bits per heavy atom. The van der Waals surface area contributed by atoms with E-state index in [0.717, 1.165) is 39.2 Å². The molecule has 5 nitrogen and oxygen atoms in total. The molecule has 0 aliphatic heterocycles. The second kappa shape index (κ2) is 8.31. The van der Waals surface area contributed by atoms with Crippen LogP contribution in [-0.2, 0) is 11.4 Å². The quantitative estimate of drug-likeness (QED) is 0.370. The molecule has 0 saturated heterocycles. The van der Waals surface area contributed by atoms with Crippen LogP contribution in [0.1, 0.15) is 18.1 Å². The molecule has 5 heteroatoms.